The van der Waals surface area contributed by atoms with Crippen molar-refractivity contribution in [1.29, 1.82) is 0 Å². The standard InChI is InChI=1S/C23H19N3O3/c1-15-8-10-18(22(25-27)26-12-4-5-13-26)23(24-15)28-16-9-11-21-19(14-16)17-6-2-3-7-20(17)29-21/h2-11,14,27H,12-13H2,1H3/b25-22-. The number of para-hydroxylation sites is 1. The molecule has 4 aromatic rings. The van der Waals surface area contributed by atoms with Crippen molar-refractivity contribution in [2.45, 2.75) is 6.92 Å². The van der Waals surface area contributed by atoms with Crippen LogP contribution in [0.4, 0.5) is 0 Å². The van der Waals surface area contributed by atoms with Crippen molar-refractivity contribution in [2.24, 2.45) is 5.16 Å². The molecule has 0 bridgehead atoms. The second-order valence-electron chi connectivity index (χ2n) is 6.96. The number of hydrogen-bond donors (Lipinski definition) is 1. The first-order chi connectivity index (χ1) is 14.2. The van der Waals surface area contributed by atoms with E-state index in [-0.39, 0.29) is 0 Å². The number of nitrogens with zero attached hydrogens (tertiary/aromatic N) is 3. The lowest BCUT2D eigenvalue weighted by Gasteiger charge is -2.20. The summed E-state index contributed by atoms with van der Waals surface area (Å²) < 4.78 is 12.1. The van der Waals surface area contributed by atoms with Gasteiger partial charge in [-0.1, -0.05) is 35.5 Å². The maximum Gasteiger partial charge on any atom is 0.230 e. The van der Waals surface area contributed by atoms with E-state index >= 15 is 0 Å². The average Bonchev–Trinajstić information content (AvgIpc) is 3.38. The lowest BCUT2D eigenvalue weighted by molar-refractivity contribution is 0.307. The molecule has 2 aromatic heterocycles. The van der Waals surface area contributed by atoms with Crippen LogP contribution in [0.25, 0.3) is 21.9 Å². The van der Waals surface area contributed by atoms with Gasteiger partial charge in [-0.2, -0.15) is 0 Å². The number of aromatic nitrogens is 1. The van der Waals surface area contributed by atoms with E-state index in [1.54, 1.807) is 0 Å². The van der Waals surface area contributed by atoms with Crippen LogP contribution in [0.3, 0.4) is 0 Å². The third-order valence-electron chi connectivity index (χ3n) is 5.02. The largest absolute Gasteiger partial charge is 0.456 e. The first kappa shape index (κ1) is 17.3. The van der Waals surface area contributed by atoms with Crippen molar-refractivity contribution in [3.63, 3.8) is 0 Å². The Bertz CT molecular complexity index is 1270. The van der Waals surface area contributed by atoms with E-state index in [2.05, 4.69) is 10.1 Å². The minimum absolute atomic E-state index is 0.400. The topological polar surface area (TPSA) is 71.1 Å². The van der Waals surface area contributed by atoms with Gasteiger partial charge < -0.3 is 19.3 Å². The summed E-state index contributed by atoms with van der Waals surface area (Å²) in [7, 11) is 0. The number of furan rings is 1. The molecule has 2 aromatic carbocycles. The van der Waals surface area contributed by atoms with E-state index in [1.165, 1.54) is 0 Å². The van der Waals surface area contributed by atoms with E-state index in [1.807, 2.05) is 78.6 Å². The molecule has 0 saturated carbocycles. The van der Waals surface area contributed by atoms with Crippen LogP contribution in [0.15, 0.2) is 76.3 Å². The molecule has 5 rings (SSSR count). The van der Waals surface area contributed by atoms with Crippen molar-refractivity contribution in [3.8, 4) is 11.6 Å². The van der Waals surface area contributed by atoms with E-state index in [0.29, 0.717) is 36.1 Å². The van der Waals surface area contributed by atoms with Gasteiger partial charge in [0, 0.05) is 29.6 Å². The molecule has 0 fully saturated rings. The fourth-order valence-corrected chi connectivity index (χ4v) is 3.60. The summed E-state index contributed by atoms with van der Waals surface area (Å²) in [5, 5.41) is 15.2. The first-order valence-electron chi connectivity index (χ1n) is 9.42. The summed E-state index contributed by atoms with van der Waals surface area (Å²) in [5.74, 6) is 1.48. The smallest absolute Gasteiger partial charge is 0.230 e. The number of rotatable bonds is 3. The Morgan fingerprint density at radius 2 is 1.83 bits per heavy atom. The van der Waals surface area contributed by atoms with Gasteiger partial charge in [-0.25, -0.2) is 4.98 Å². The normalized spacial score (nSPS) is 14.2. The number of benzene rings is 2. The van der Waals surface area contributed by atoms with Crippen LogP contribution in [0, 0.1) is 6.92 Å². The number of hydrogen-bond acceptors (Lipinski definition) is 5. The van der Waals surface area contributed by atoms with Crippen LogP contribution in [0.1, 0.15) is 11.3 Å². The minimum Gasteiger partial charge on any atom is -0.456 e. The van der Waals surface area contributed by atoms with Crippen molar-refractivity contribution in [3.05, 3.63) is 78.0 Å². The van der Waals surface area contributed by atoms with Crippen molar-refractivity contribution in [1.82, 2.24) is 9.88 Å². The summed E-state index contributed by atoms with van der Waals surface area (Å²) >= 11 is 0. The quantitative estimate of drug-likeness (QED) is 0.175. The van der Waals surface area contributed by atoms with Gasteiger partial charge in [-0.3, -0.25) is 0 Å². The predicted octanol–water partition coefficient (Wildman–Crippen LogP) is 5.09. The highest BCUT2D eigenvalue weighted by atomic mass is 16.5. The SMILES string of the molecule is Cc1ccc(/C(=N/O)N2CC=CC2)c(Oc2ccc3oc4ccccc4c3c2)n1. The summed E-state index contributed by atoms with van der Waals surface area (Å²) in [5.41, 5.74) is 3.09. The Morgan fingerprint density at radius 1 is 1.03 bits per heavy atom. The van der Waals surface area contributed by atoms with Gasteiger partial charge in [-0.05, 0) is 43.3 Å². The summed E-state index contributed by atoms with van der Waals surface area (Å²) in [4.78, 5) is 6.50. The van der Waals surface area contributed by atoms with Gasteiger partial charge in [0.25, 0.3) is 0 Å². The molecule has 0 aliphatic carbocycles. The third kappa shape index (κ3) is 3.08. The molecular formula is C23H19N3O3. The Balaban J connectivity index is 1.56. The lowest BCUT2D eigenvalue weighted by atomic mass is 10.1. The molecule has 29 heavy (non-hydrogen) atoms. The van der Waals surface area contributed by atoms with E-state index < -0.39 is 0 Å². The minimum atomic E-state index is 0.400. The van der Waals surface area contributed by atoms with Crippen molar-refractivity contribution < 1.29 is 14.4 Å². The molecule has 1 N–H and O–H groups in total. The number of amidine groups is 1. The second kappa shape index (κ2) is 6.98. The van der Waals surface area contributed by atoms with Gasteiger partial charge in [0.1, 0.15) is 16.9 Å². The number of fused-ring (bicyclic) bond motifs is 3. The van der Waals surface area contributed by atoms with E-state index in [4.69, 9.17) is 9.15 Å². The molecule has 144 valence electrons. The van der Waals surface area contributed by atoms with E-state index in [9.17, 15) is 5.21 Å². The van der Waals surface area contributed by atoms with Gasteiger partial charge >= 0.3 is 0 Å². The fraction of sp³-hybridized carbons (Fsp3) is 0.130. The number of aryl methyl sites for hydroxylation is 1. The van der Waals surface area contributed by atoms with Gasteiger partial charge in [0.2, 0.25) is 5.88 Å². The summed E-state index contributed by atoms with van der Waals surface area (Å²) in [6, 6.07) is 17.4. The molecule has 1 aliphatic heterocycles. The molecule has 1 aliphatic rings. The third-order valence-corrected chi connectivity index (χ3v) is 5.02. The van der Waals surface area contributed by atoms with Gasteiger partial charge in [0.05, 0.1) is 5.56 Å². The van der Waals surface area contributed by atoms with Crippen LogP contribution in [-0.2, 0) is 0 Å². The maximum atomic E-state index is 9.65. The molecule has 0 unspecified atom stereocenters. The van der Waals surface area contributed by atoms with Crippen LogP contribution < -0.4 is 4.74 Å². The van der Waals surface area contributed by atoms with Crippen LogP contribution in [0.2, 0.25) is 0 Å². The van der Waals surface area contributed by atoms with Crippen LogP contribution in [-0.4, -0.2) is 34.0 Å². The number of ether oxygens (including phenoxy) is 1. The molecule has 6 heteroatoms. The predicted molar refractivity (Wildman–Crippen MR) is 112 cm³/mol. The highest BCUT2D eigenvalue weighted by Gasteiger charge is 2.21. The highest BCUT2D eigenvalue weighted by molar-refractivity contribution is 6.05. The molecule has 0 saturated heterocycles. The zero-order chi connectivity index (χ0) is 19.8. The van der Waals surface area contributed by atoms with Gasteiger partial charge in [0.15, 0.2) is 5.84 Å². The van der Waals surface area contributed by atoms with Crippen LogP contribution >= 0.6 is 0 Å². The monoisotopic (exact) mass is 385 g/mol. The molecule has 6 nitrogen and oxygen atoms in total. The lowest BCUT2D eigenvalue weighted by Crippen LogP contribution is -2.29. The molecule has 0 spiro atoms. The first-order valence-corrected chi connectivity index (χ1v) is 9.42. The molecular weight excluding hydrogens is 366 g/mol. The zero-order valence-corrected chi connectivity index (χ0v) is 15.9. The van der Waals surface area contributed by atoms with Gasteiger partial charge in [-0.15, -0.1) is 0 Å². The molecule has 0 amide bonds. The Labute approximate surface area is 167 Å². The van der Waals surface area contributed by atoms with Crippen LogP contribution in [0.5, 0.6) is 11.6 Å². The van der Waals surface area contributed by atoms with E-state index in [0.717, 1.165) is 27.6 Å². The maximum absolute atomic E-state index is 9.65. The zero-order valence-electron chi connectivity index (χ0n) is 15.9. The Kier molecular flexibility index (Phi) is 4.17. The molecule has 0 atom stereocenters. The van der Waals surface area contributed by atoms with Crippen molar-refractivity contribution >= 4 is 27.8 Å². The summed E-state index contributed by atoms with van der Waals surface area (Å²) in [6.07, 6.45) is 4.07. The second-order valence-corrected chi connectivity index (χ2v) is 6.96. The highest BCUT2D eigenvalue weighted by Crippen LogP contribution is 2.33. The molecule has 0 radical (unpaired) electrons. The fourth-order valence-electron chi connectivity index (χ4n) is 3.60. The number of pyridine rings is 1. The Morgan fingerprint density at radius 3 is 2.66 bits per heavy atom. The molecule has 3 heterocycles. The number of oxime groups is 1. The average molecular weight is 385 g/mol. The van der Waals surface area contributed by atoms with Crippen molar-refractivity contribution in [2.75, 3.05) is 13.1 Å². The Hall–Kier alpha value is -3.80. The summed E-state index contributed by atoms with van der Waals surface area (Å²) in [6.45, 7) is 3.26.